The average molecular weight is 704 g/mol. The molecule has 0 bridgehead atoms. The van der Waals surface area contributed by atoms with Crippen molar-refractivity contribution in [2.75, 3.05) is 39.5 Å². The Morgan fingerprint density at radius 2 is 0.816 bits per heavy atom. The summed E-state index contributed by atoms with van der Waals surface area (Å²) < 4.78 is 20.3. The molecule has 0 fully saturated rings. The Morgan fingerprint density at radius 1 is 0.490 bits per heavy atom. The Kier molecular flexibility index (Phi) is 20.6. The second kappa shape index (κ2) is 20.8. The van der Waals surface area contributed by atoms with Crippen molar-refractivity contribution in [2.24, 2.45) is 5.41 Å². The number of rotatable bonds is 29. The van der Waals surface area contributed by atoms with Gasteiger partial charge in [0, 0.05) is 54.9 Å². The average Bonchev–Trinajstić information content (AvgIpc) is 2.99. The molecule has 9 heteroatoms. The van der Waals surface area contributed by atoms with Gasteiger partial charge in [0.05, 0.1) is 41.7 Å². The summed E-state index contributed by atoms with van der Waals surface area (Å²) in [6.07, 6.45) is 5.19. The Morgan fingerprint density at radius 3 is 1.12 bits per heavy atom. The largest absolute Gasteiger partial charge is 0.392 e. The SMILES string of the molecule is CCC(O)CNC(C)(C)CCOC(C)(C)CC(CC)(CC(C)(C)OCCC(C)(C)NCC(O)CC)C(C)(C)OCC(C)(C)NCC(O)CC. The van der Waals surface area contributed by atoms with E-state index >= 15 is 0 Å². The standard InChI is InChI=1S/C40H85N3O6/c1-17-31(44)25-41-34(5,6)21-23-47-37(11,12)28-40(20-4,39(15,16)49-30-36(9,10)43-27-33(46)19-3)29-38(13,14)48-24-22-35(7,8)42-26-32(45)18-2/h31-33,41-46H,17-30H2,1-16H3. The van der Waals surface area contributed by atoms with Crippen molar-refractivity contribution < 1.29 is 29.5 Å². The summed E-state index contributed by atoms with van der Waals surface area (Å²) in [5, 5.41) is 40.8. The minimum atomic E-state index is -0.528. The topological polar surface area (TPSA) is 124 Å². The van der Waals surface area contributed by atoms with E-state index in [9.17, 15) is 15.3 Å². The second-order valence-electron chi connectivity index (χ2n) is 18.5. The van der Waals surface area contributed by atoms with Gasteiger partial charge in [-0.2, -0.15) is 0 Å². The number of nitrogens with one attached hydrogen (secondary N) is 3. The molecule has 0 heterocycles. The van der Waals surface area contributed by atoms with Crippen LogP contribution in [0.15, 0.2) is 0 Å². The van der Waals surface area contributed by atoms with Gasteiger partial charge >= 0.3 is 0 Å². The van der Waals surface area contributed by atoms with E-state index in [2.05, 4.69) is 106 Å². The van der Waals surface area contributed by atoms with Gasteiger partial charge in [0.25, 0.3) is 0 Å². The van der Waals surface area contributed by atoms with Crippen LogP contribution in [0.2, 0.25) is 0 Å². The highest BCUT2D eigenvalue weighted by Crippen LogP contribution is 2.51. The molecule has 0 aromatic carbocycles. The van der Waals surface area contributed by atoms with E-state index in [1.165, 1.54) is 0 Å². The smallest absolute Gasteiger partial charge is 0.0685 e. The lowest BCUT2D eigenvalue weighted by Crippen LogP contribution is -2.56. The maximum atomic E-state index is 10.2. The fourth-order valence-electron chi connectivity index (χ4n) is 6.42. The Hall–Kier alpha value is -0.360. The molecule has 3 atom stereocenters. The monoisotopic (exact) mass is 704 g/mol. The fourth-order valence-corrected chi connectivity index (χ4v) is 6.42. The van der Waals surface area contributed by atoms with Gasteiger partial charge in [-0.25, -0.2) is 0 Å². The Balaban J connectivity index is 6.07. The van der Waals surface area contributed by atoms with Crippen molar-refractivity contribution in [2.45, 2.75) is 214 Å². The zero-order valence-electron chi connectivity index (χ0n) is 35.2. The predicted molar refractivity (Wildman–Crippen MR) is 206 cm³/mol. The van der Waals surface area contributed by atoms with Crippen molar-refractivity contribution >= 4 is 0 Å². The van der Waals surface area contributed by atoms with Gasteiger partial charge in [0.2, 0.25) is 0 Å². The van der Waals surface area contributed by atoms with Crippen LogP contribution in [-0.4, -0.2) is 107 Å². The van der Waals surface area contributed by atoms with Gasteiger partial charge < -0.3 is 45.5 Å². The van der Waals surface area contributed by atoms with Gasteiger partial charge in [-0.1, -0.05) is 27.7 Å². The lowest BCUT2D eigenvalue weighted by molar-refractivity contribution is -0.185. The highest BCUT2D eigenvalue weighted by molar-refractivity contribution is 5.02. The number of ether oxygens (including phenoxy) is 3. The molecule has 0 rings (SSSR count). The summed E-state index contributed by atoms with van der Waals surface area (Å²) in [6.45, 7) is 37.7. The van der Waals surface area contributed by atoms with Gasteiger partial charge in [0.1, 0.15) is 0 Å². The molecule has 6 N–H and O–H groups in total. The molecular formula is C40H85N3O6. The molecular weight excluding hydrogens is 618 g/mol. The summed E-state index contributed by atoms with van der Waals surface area (Å²) in [5.74, 6) is 0. The number of aliphatic hydroxyl groups excluding tert-OH is 3. The minimum Gasteiger partial charge on any atom is -0.392 e. The number of β-amino-alcohol motifs (C(OH)–C–C–N with tert-alkyl or cyclic N) is 3. The van der Waals surface area contributed by atoms with Crippen LogP contribution in [0.25, 0.3) is 0 Å². The van der Waals surface area contributed by atoms with Crippen LogP contribution in [-0.2, 0) is 14.2 Å². The molecule has 0 spiro atoms. The van der Waals surface area contributed by atoms with Crippen molar-refractivity contribution in [3.63, 3.8) is 0 Å². The highest BCUT2D eigenvalue weighted by atomic mass is 16.5. The molecule has 0 aliphatic heterocycles. The van der Waals surface area contributed by atoms with Crippen molar-refractivity contribution in [3.8, 4) is 0 Å². The van der Waals surface area contributed by atoms with Crippen LogP contribution in [0, 0.1) is 5.41 Å². The molecule has 0 aromatic heterocycles. The molecule has 9 nitrogen and oxygen atoms in total. The van der Waals surface area contributed by atoms with Crippen LogP contribution in [0.3, 0.4) is 0 Å². The summed E-state index contributed by atoms with van der Waals surface area (Å²) in [6, 6.07) is 0. The first-order chi connectivity index (χ1) is 22.2. The second-order valence-corrected chi connectivity index (χ2v) is 18.5. The Bertz CT molecular complexity index is 843. The molecule has 0 aliphatic rings. The van der Waals surface area contributed by atoms with E-state index in [1.807, 2.05) is 20.8 Å². The molecule has 0 aliphatic carbocycles. The number of hydrogen-bond acceptors (Lipinski definition) is 9. The molecule has 0 radical (unpaired) electrons. The van der Waals surface area contributed by atoms with Crippen LogP contribution in [0.5, 0.6) is 0 Å². The van der Waals surface area contributed by atoms with Gasteiger partial charge in [0.15, 0.2) is 0 Å². The molecule has 296 valence electrons. The summed E-state index contributed by atoms with van der Waals surface area (Å²) in [7, 11) is 0. The molecule has 0 amide bonds. The molecule has 0 saturated carbocycles. The van der Waals surface area contributed by atoms with Crippen LogP contribution in [0.1, 0.15) is 162 Å². The first-order valence-electron chi connectivity index (χ1n) is 19.4. The van der Waals surface area contributed by atoms with Crippen LogP contribution >= 0.6 is 0 Å². The zero-order valence-corrected chi connectivity index (χ0v) is 35.2. The van der Waals surface area contributed by atoms with Gasteiger partial charge in [-0.05, 0) is 134 Å². The molecule has 0 saturated heterocycles. The first kappa shape index (κ1) is 48.6. The van der Waals surface area contributed by atoms with E-state index in [-0.39, 0.29) is 40.3 Å². The highest BCUT2D eigenvalue weighted by Gasteiger charge is 2.51. The normalized spacial score (nSPS) is 17.2. The van der Waals surface area contributed by atoms with Gasteiger partial charge in [-0.15, -0.1) is 0 Å². The van der Waals surface area contributed by atoms with E-state index in [0.29, 0.717) is 45.9 Å². The summed E-state index contributed by atoms with van der Waals surface area (Å²) in [4.78, 5) is 0. The summed E-state index contributed by atoms with van der Waals surface area (Å²) >= 11 is 0. The third-order valence-electron chi connectivity index (χ3n) is 10.6. The fraction of sp³-hybridized carbons (Fsp3) is 1.00. The third-order valence-corrected chi connectivity index (χ3v) is 10.6. The number of aliphatic hydroxyl groups is 3. The van der Waals surface area contributed by atoms with E-state index in [1.54, 1.807) is 0 Å². The van der Waals surface area contributed by atoms with Crippen LogP contribution < -0.4 is 16.0 Å². The molecule has 3 unspecified atom stereocenters. The van der Waals surface area contributed by atoms with Crippen molar-refractivity contribution in [1.82, 2.24) is 16.0 Å². The maximum absolute atomic E-state index is 10.2. The third kappa shape index (κ3) is 19.9. The quantitative estimate of drug-likeness (QED) is 0.0502. The maximum Gasteiger partial charge on any atom is 0.0685 e. The van der Waals surface area contributed by atoms with Crippen molar-refractivity contribution in [3.05, 3.63) is 0 Å². The Labute approximate surface area is 303 Å². The first-order valence-corrected chi connectivity index (χ1v) is 19.4. The zero-order chi connectivity index (χ0) is 38.4. The van der Waals surface area contributed by atoms with Crippen molar-refractivity contribution in [1.29, 1.82) is 0 Å². The minimum absolute atomic E-state index is 0.159. The molecule has 49 heavy (non-hydrogen) atoms. The predicted octanol–water partition coefficient (Wildman–Crippen LogP) is 6.75. The van der Waals surface area contributed by atoms with E-state index in [0.717, 1.165) is 44.9 Å². The van der Waals surface area contributed by atoms with E-state index < -0.39 is 16.8 Å². The van der Waals surface area contributed by atoms with Crippen LogP contribution in [0.4, 0.5) is 0 Å². The number of hydrogen-bond donors (Lipinski definition) is 6. The van der Waals surface area contributed by atoms with E-state index in [4.69, 9.17) is 14.2 Å². The van der Waals surface area contributed by atoms with Gasteiger partial charge in [-0.3, -0.25) is 0 Å². The lowest BCUT2D eigenvalue weighted by Gasteiger charge is -2.53. The molecule has 0 aromatic rings. The lowest BCUT2D eigenvalue weighted by atomic mass is 9.61. The summed E-state index contributed by atoms with van der Waals surface area (Å²) in [5.41, 5.74) is -2.33.